The van der Waals surface area contributed by atoms with E-state index in [-0.39, 0.29) is 11.9 Å². The minimum atomic E-state index is -0.0338. The Bertz CT molecular complexity index is 588. The molecule has 0 bridgehead atoms. The molecular weight excluding hydrogens is 302 g/mol. The molecule has 2 aromatic carbocycles. The summed E-state index contributed by atoms with van der Waals surface area (Å²) in [6.45, 7) is 1.96. The van der Waals surface area contributed by atoms with Gasteiger partial charge in [0.25, 0.3) is 0 Å². The lowest BCUT2D eigenvalue weighted by atomic mass is 10.1. The van der Waals surface area contributed by atoms with Gasteiger partial charge in [-0.3, -0.25) is 4.79 Å². The van der Waals surface area contributed by atoms with Crippen molar-refractivity contribution in [3.63, 3.8) is 0 Å². The summed E-state index contributed by atoms with van der Waals surface area (Å²) >= 11 is 7.58. The summed E-state index contributed by atoms with van der Waals surface area (Å²) in [6, 6.07) is 17.7. The maximum atomic E-state index is 11.9. The number of carbonyl (C=O) groups is 1. The third-order valence-electron chi connectivity index (χ3n) is 3.07. The number of carbonyl (C=O) groups excluding carboxylic acids is 1. The van der Waals surface area contributed by atoms with Gasteiger partial charge in [-0.25, -0.2) is 0 Å². The van der Waals surface area contributed by atoms with Crippen molar-refractivity contribution in [1.29, 1.82) is 0 Å². The van der Waals surface area contributed by atoms with Crippen molar-refractivity contribution in [2.24, 2.45) is 0 Å². The first-order chi connectivity index (χ1) is 10.1. The minimum Gasteiger partial charge on any atom is -0.349 e. The van der Waals surface area contributed by atoms with Gasteiger partial charge >= 0.3 is 0 Å². The van der Waals surface area contributed by atoms with Crippen LogP contribution in [0, 0.1) is 0 Å². The second-order valence-electron chi connectivity index (χ2n) is 4.82. The van der Waals surface area contributed by atoms with Gasteiger partial charge in [0.05, 0.1) is 11.8 Å². The van der Waals surface area contributed by atoms with E-state index in [0.29, 0.717) is 10.8 Å². The molecule has 0 unspecified atom stereocenters. The van der Waals surface area contributed by atoms with Gasteiger partial charge in [-0.1, -0.05) is 54.1 Å². The van der Waals surface area contributed by atoms with Crippen molar-refractivity contribution in [3.05, 3.63) is 70.7 Å². The molecular formula is C17H18ClNOS. The van der Waals surface area contributed by atoms with Crippen LogP contribution in [0.3, 0.4) is 0 Å². The molecule has 1 amide bonds. The van der Waals surface area contributed by atoms with Crippen LogP contribution >= 0.6 is 23.4 Å². The van der Waals surface area contributed by atoms with E-state index in [1.807, 2.05) is 49.4 Å². The molecule has 0 spiro atoms. The quantitative estimate of drug-likeness (QED) is 0.852. The highest BCUT2D eigenvalue weighted by atomic mass is 35.5. The predicted molar refractivity (Wildman–Crippen MR) is 90.6 cm³/mol. The van der Waals surface area contributed by atoms with E-state index < -0.39 is 0 Å². The standard InChI is InChI=1S/C17H18ClNOS/c1-13(15-8-5-9-16(18)10-15)19-17(20)12-21-11-14-6-3-2-4-7-14/h2-10,13H,11-12H2,1H3,(H,19,20)/t13-/m1/s1. The summed E-state index contributed by atoms with van der Waals surface area (Å²) in [6.07, 6.45) is 0. The van der Waals surface area contributed by atoms with E-state index in [0.717, 1.165) is 11.3 Å². The zero-order valence-corrected chi connectivity index (χ0v) is 13.5. The summed E-state index contributed by atoms with van der Waals surface area (Å²) < 4.78 is 0. The molecule has 0 heterocycles. The van der Waals surface area contributed by atoms with Crippen molar-refractivity contribution < 1.29 is 4.79 Å². The molecule has 110 valence electrons. The number of nitrogens with one attached hydrogen (secondary N) is 1. The number of amides is 1. The molecule has 2 aromatic rings. The van der Waals surface area contributed by atoms with E-state index in [4.69, 9.17) is 11.6 Å². The van der Waals surface area contributed by atoms with Crippen LogP contribution in [0.15, 0.2) is 54.6 Å². The van der Waals surface area contributed by atoms with Gasteiger partial charge in [0.2, 0.25) is 5.91 Å². The molecule has 2 nitrogen and oxygen atoms in total. The van der Waals surface area contributed by atoms with Gasteiger partial charge < -0.3 is 5.32 Å². The number of benzene rings is 2. The average Bonchev–Trinajstić information content (AvgIpc) is 2.48. The van der Waals surface area contributed by atoms with Crippen LogP contribution in [0.5, 0.6) is 0 Å². The fourth-order valence-electron chi connectivity index (χ4n) is 1.98. The van der Waals surface area contributed by atoms with Crippen molar-refractivity contribution in [2.75, 3.05) is 5.75 Å². The maximum absolute atomic E-state index is 11.9. The largest absolute Gasteiger partial charge is 0.349 e. The summed E-state index contributed by atoms with van der Waals surface area (Å²) in [5, 5.41) is 3.68. The first kappa shape index (κ1) is 15.9. The number of hydrogen-bond acceptors (Lipinski definition) is 2. The van der Waals surface area contributed by atoms with E-state index >= 15 is 0 Å². The highest BCUT2D eigenvalue weighted by molar-refractivity contribution is 7.99. The smallest absolute Gasteiger partial charge is 0.230 e. The molecule has 0 aliphatic carbocycles. The Labute approximate surface area is 134 Å². The molecule has 4 heteroatoms. The normalized spacial score (nSPS) is 11.9. The summed E-state index contributed by atoms with van der Waals surface area (Å²) in [5.74, 6) is 1.35. The average molecular weight is 320 g/mol. The van der Waals surface area contributed by atoms with Gasteiger partial charge in [0, 0.05) is 10.8 Å². The van der Waals surface area contributed by atoms with E-state index in [2.05, 4.69) is 17.4 Å². The molecule has 0 fully saturated rings. The zero-order chi connectivity index (χ0) is 15.1. The number of thioether (sulfide) groups is 1. The third kappa shape index (κ3) is 5.44. The maximum Gasteiger partial charge on any atom is 0.230 e. The first-order valence-corrected chi connectivity index (χ1v) is 8.35. The van der Waals surface area contributed by atoms with Crippen LogP contribution in [0.2, 0.25) is 5.02 Å². The minimum absolute atomic E-state index is 0.0338. The molecule has 2 rings (SSSR count). The summed E-state index contributed by atoms with van der Waals surface area (Å²) in [4.78, 5) is 11.9. The van der Waals surface area contributed by atoms with Crippen LogP contribution < -0.4 is 5.32 Å². The Morgan fingerprint density at radius 1 is 1.19 bits per heavy atom. The summed E-state index contributed by atoms with van der Waals surface area (Å²) in [7, 11) is 0. The summed E-state index contributed by atoms with van der Waals surface area (Å²) in [5.41, 5.74) is 2.25. The van der Waals surface area contributed by atoms with Crippen LogP contribution in [0.1, 0.15) is 24.1 Å². The molecule has 0 saturated heterocycles. The zero-order valence-electron chi connectivity index (χ0n) is 11.9. The first-order valence-electron chi connectivity index (χ1n) is 6.81. The molecule has 0 aliphatic heterocycles. The number of rotatable bonds is 6. The number of hydrogen-bond donors (Lipinski definition) is 1. The van der Waals surface area contributed by atoms with Gasteiger partial charge in [-0.15, -0.1) is 11.8 Å². The molecule has 1 atom stereocenters. The molecule has 0 saturated carbocycles. The van der Waals surface area contributed by atoms with E-state index in [1.165, 1.54) is 5.56 Å². The van der Waals surface area contributed by atoms with Crippen molar-refractivity contribution in [2.45, 2.75) is 18.7 Å². The molecule has 21 heavy (non-hydrogen) atoms. The lowest BCUT2D eigenvalue weighted by molar-refractivity contribution is -0.119. The number of halogens is 1. The van der Waals surface area contributed by atoms with Gasteiger partial charge in [-0.05, 0) is 30.2 Å². The van der Waals surface area contributed by atoms with Crippen LogP contribution in [0.25, 0.3) is 0 Å². The van der Waals surface area contributed by atoms with E-state index in [1.54, 1.807) is 11.8 Å². The van der Waals surface area contributed by atoms with Crippen molar-refractivity contribution in [3.8, 4) is 0 Å². The van der Waals surface area contributed by atoms with Gasteiger partial charge in [0.15, 0.2) is 0 Å². The fraction of sp³-hybridized carbons (Fsp3) is 0.235. The molecule has 0 aliphatic rings. The third-order valence-corrected chi connectivity index (χ3v) is 4.31. The van der Waals surface area contributed by atoms with Crippen molar-refractivity contribution in [1.82, 2.24) is 5.32 Å². The van der Waals surface area contributed by atoms with Gasteiger partial charge in [-0.2, -0.15) is 0 Å². The van der Waals surface area contributed by atoms with Crippen LogP contribution in [0.4, 0.5) is 0 Å². The van der Waals surface area contributed by atoms with Crippen molar-refractivity contribution >= 4 is 29.3 Å². The Morgan fingerprint density at radius 2 is 1.95 bits per heavy atom. The van der Waals surface area contributed by atoms with E-state index in [9.17, 15) is 4.79 Å². The Hall–Kier alpha value is -1.45. The fourth-order valence-corrected chi connectivity index (χ4v) is 2.98. The highest BCUT2D eigenvalue weighted by Gasteiger charge is 2.09. The molecule has 1 N–H and O–H groups in total. The predicted octanol–water partition coefficient (Wildman–Crippen LogP) is 4.45. The lowest BCUT2D eigenvalue weighted by Crippen LogP contribution is -2.28. The lowest BCUT2D eigenvalue weighted by Gasteiger charge is -2.14. The van der Waals surface area contributed by atoms with Crippen LogP contribution in [-0.4, -0.2) is 11.7 Å². The second kappa shape index (κ2) is 8.11. The monoisotopic (exact) mass is 319 g/mol. The Morgan fingerprint density at radius 3 is 2.67 bits per heavy atom. The Balaban J connectivity index is 1.76. The highest BCUT2D eigenvalue weighted by Crippen LogP contribution is 2.18. The topological polar surface area (TPSA) is 29.1 Å². The molecule has 0 radical (unpaired) electrons. The SMILES string of the molecule is C[C@@H](NC(=O)CSCc1ccccc1)c1cccc(Cl)c1. The second-order valence-corrected chi connectivity index (χ2v) is 6.24. The van der Waals surface area contributed by atoms with Crippen LogP contribution in [-0.2, 0) is 10.5 Å². The Kier molecular flexibility index (Phi) is 6.15. The molecule has 0 aromatic heterocycles. The van der Waals surface area contributed by atoms with Gasteiger partial charge in [0.1, 0.15) is 0 Å².